The van der Waals surface area contributed by atoms with E-state index < -0.39 is 0 Å². The fourth-order valence-corrected chi connectivity index (χ4v) is 2.67. The van der Waals surface area contributed by atoms with Crippen LogP contribution in [0, 0.1) is 12.7 Å². The van der Waals surface area contributed by atoms with Gasteiger partial charge < -0.3 is 5.73 Å². The lowest BCUT2D eigenvalue weighted by molar-refractivity contribution is 0.629. The molecule has 0 aliphatic carbocycles. The Bertz CT molecular complexity index is 780. The Kier molecular flexibility index (Phi) is 2.78. The number of nitrogen functional groups attached to an aromatic ring is 1. The molecule has 96 valence electrons. The minimum atomic E-state index is -0.302. The summed E-state index contributed by atoms with van der Waals surface area (Å²) in [6.07, 6.45) is 0. The maximum atomic E-state index is 13.4. The second kappa shape index (κ2) is 4.35. The zero-order valence-electron chi connectivity index (χ0n) is 10.2. The molecule has 0 unspecified atom stereocenters. The average molecular weight is 320 g/mol. The van der Waals surface area contributed by atoms with Crippen molar-refractivity contribution in [1.82, 2.24) is 9.55 Å². The van der Waals surface area contributed by atoms with Crippen LogP contribution in [0.2, 0.25) is 0 Å². The molecule has 3 nitrogen and oxygen atoms in total. The number of hydrogen-bond donors (Lipinski definition) is 1. The van der Waals surface area contributed by atoms with E-state index in [9.17, 15) is 4.39 Å². The van der Waals surface area contributed by atoms with E-state index in [0.29, 0.717) is 17.0 Å². The lowest BCUT2D eigenvalue weighted by Gasteiger charge is -2.10. The van der Waals surface area contributed by atoms with E-state index in [1.54, 1.807) is 10.6 Å². The van der Waals surface area contributed by atoms with E-state index in [1.807, 2.05) is 25.1 Å². The summed E-state index contributed by atoms with van der Waals surface area (Å²) in [5.74, 6) is 0.0504. The predicted octanol–water partition coefficient (Wildman–Crippen LogP) is 3.82. The van der Waals surface area contributed by atoms with Crippen LogP contribution < -0.4 is 5.73 Å². The maximum Gasteiger partial charge on any atom is 0.205 e. The van der Waals surface area contributed by atoms with Gasteiger partial charge in [-0.15, -0.1) is 0 Å². The molecule has 0 aliphatic heterocycles. The molecule has 0 saturated carbocycles. The largest absolute Gasteiger partial charge is 0.369 e. The standard InChI is InChI=1S/C14H11BrFN3/c1-8-6-9(15)2-5-12(8)19-13-7-10(16)3-4-11(13)18-14(19)17/h2-7H,1H3,(H2,17,18). The number of aryl methyl sites for hydroxylation is 1. The lowest BCUT2D eigenvalue weighted by atomic mass is 10.2. The van der Waals surface area contributed by atoms with Crippen LogP contribution in [-0.4, -0.2) is 9.55 Å². The third-order valence-electron chi connectivity index (χ3n) is 3.04. The molecule has 0 aliphatic rings. The number of anilines is 1. The molecule has 1 heterocycles. The van der Waals surface area contributed by atoms with Gasteiger partial charge in [0.1, 0.15) is 5.82 Å². The number of rotatable bonds is 1. The number of nitrogens with zero attached hydrogens (tertiary/aromatic N) is 2. The van der Waals surface area contributed by atoms with Crippen LogP contribution in [0.25, 0.3) is 16.7 Å². The van der Waals surface area contributed by atoms with E-state index in [1.165, 1.54) is 12.1 Å². The summed E-state index contributed by atoms with van der Waals surface area (Å²) in [7, 11) is 0. The molecule has 1 aromatic heterocycles. The molecule has 19 heavy (non-hydrogen) atoms. The summed E-state index contributed by atoms with van der Waals surface area (Å²) in [5.41, 5.74) is 9.24. The highest BCUT2D eigenvalue weighted by molar-refractivity contribution is 9.10. The second-order valence-electron chi connectivity index (χ2n) is 4.37. The molecule has 0 amide bonds. The summed E-state index contributed by atoms with van der Waals surface area (Å²) in [5, 5.41) is 0. The Morgan fingerprint density at radius 2 is 2.00 bits per heavy atom. The summed E-state index contributed by atoms with van der Waals surface area (Å²) in [6, 6.07) is 10.3. The van der Waals surface area contributed by atoms with Crippen LogP contribution in [-0.2, 0) is 0 Å². The Labute approximate surface area is 118 Å². The smallest absolute Gasteiger partial charge is 0.205 e. The molecule has 0 radical (unpaired) electrons. The van der Waals surface area contributed by atoms with Crippen molar-refractivity contribution in [1.29, 1.82) is 0 Å². The minimum Gasteiger partial charge on any atom is -0.369 e. The Hall–Kier alpha value is -1.88. The third-order valence-corrected chi connectivity index (χ3v) is 3.54. The molecule has 5 heteroatoms. The summed E-state index contributed by atoms with van der Waals surface area (Å²) in [4.78, 5) is 4.26. The number of fused-ring (bicyclic) bond motifs is 1. The Morgan fingerprint density at radius 1 is 1.21 bits per heavy atom. The number of halogens is 2. The molecule has 3 rings (SSSR count). The van der Waals surface area contributed by atoms with Gasteiger partial charge in [0.2, 0.25) is 5.95 Å². The van der Waals surface area contributed by atoms with E-state index in [2.05, 4.69) is 20.9 Å². The van der Waals surface area contributed by atoms with Gasteiger partial charge >= 0.3 is 0 Å². The van der Waals surface area contributed by atoms with Crippen LogP contribution in [0.4, 0.5) is 10.3 Å². The molecular weight excluding hydrogens is 309 g/mol. The number of nitrogens with two attached hydrogens (primary N) is 1. The predicted molar refractivity (Wildman–Crippen MR) is 77.9 cm³/mol. The molecule has 3 aromatic rings. The molecule has 0 saturated heterocycles. The molecule has 0 fully saturated rings. The van der Waals surface area contributed by atoms with Crippen LogP contribution >= 0.6 is 15.9 Å². The van der Waals surface area contributed by atoms with E-state index >= 15 is 0 Å². The normalized spacial score (nSPS) is 11.1. The van der Waals surface area contributed by atoms with Gasteiger partial charge in [-0.3, -0.25) is 4.57 Å². The highest BCUT2D eigenvalue weighted by Crippen LogP contribution is 2.27. The minimum absolute atomic E-state index is 0.302. The topological polar surface area (TPSA) is 43.8 Å². The lowest BCUT2D eigenvalue weighted by Crippen LogP contribution is -2.02. The highest BCUT2D eigenvalue weighted by Gasteiger charge is 2.12. The summed E-state index contributed by atoms with van der Waals surface area (Å²) in [6.45, 7) is 1.98. The monoisotopic (exact) mass is 319 g/mol. The SMILES string of the molecule is Cc1cc(Br)ccc1-n1c(N)nc2ccc(F)cc21. The molecular formula is C14H11BrFN3. The number of aromatic nitrogens is 2. The molecule has 2 aromatic carbocycles. The van der Waals surface area contributed by atoms with Crippen molar-refractivity contribution in [2.24, 2.45) is 0 Å². The van der Waals surface area contributed by atoms with Gasteiger partial charge in [0, 0.05) is 10.5 Å². The average Bonchev–Trinajstić information content (AvgIpc) is 2.65. The van der Waals surface area contributed by atoms with E-state index in [0.717, 1.165) is 15.7 Å². The van der Waals surface area contributed by atoms with Gasteiger partial charge in [-0.1, -0.05) is 15.9 Å². The van der Waals surface area contributed by atoms with Crippen LogP contribution in [0.15, 0.2) is 40.9 Å². The Morgan fingerprint density at radius 3 is 2.74 bits per heavy atom. The van der Waals surface area contributed by atoms with E-state index in [-0.39, 0.29) is 5.82 Å². The fourth-order valence-electron chi connectivity index (χ4n) is 2.19. The van der Waals surface area contributed by atoms with Gasteiger partial charge in [-0.2, -0.15) is 0 Å². The van der Waals surface area contributed by atoms with Gasteiger partial charge in [0.25, 0.3) is 0 Å². The maximum absolute atomic E-state index is 13.4. The third kappa shape index (κ3) is 2.00. The van der Waals surface area contributed by atoms with Crippen molar-refractivity contribution in [3.63, 3.8) is 0 Å². The Balaban J connectivity index is 2.35. The number of benzene rings is 2. The van der Waals surface area contributed by atoms with Crippen molar-refractivity contribution in [2.75, 3.05) is 5.73 Å². The first-order valence-corrected chi connectivity index (χ1v) is 6.55. The van der Waals surface area contributed by atoms with Crippen LogP contribution in [0.1, 0.15) is 5.56 Å². The van der Waals surface area contributed by atoms with Crippen molar-refractivity contribution in [2.45, 2.75) is 6.92 Å². The molecule has 0 atom stereocenters. The molecule has 2 N–H and O–H groups in total. The molecule has 0 bridgehead atoms. The first kappa shape index (κ1) is 12.2. The number of imidazole rings is 1. The van der Waals surface area contributed by atoms with E-state index in [4.69, 9.17) is 5.73 Å². The van der Waals surface area contributed by atoms with Gasteiger partial charge in [0.05, 0.1) is 16.7 Å². The highest BCUT2D eigenvalue weighted by atomic mass is 79.9. The zero-order chi connectivity index (χ0) is 13.6. The van der Waals surface area contributed by atoms with Crippen molar-refractivity contribution >= 4 is 32.9 Å². The second-order valence-corrected chi connectivity index (χ2v) is 5.28. The van der Waals surface area contributed by atoms with Crippen LogP contribution in [0.5, 0.6) is 0 Å². The van der Waals surface area contributed by atoms with Crippen molar-refractivity contribution in [3.8, 4) is 5.69 Å². The van der Waals surface area contributed by atoms with Crippen molar-refractivity contribution < 1.29 is 4.39 Å². The molecule has 0 spiro atoms. The van der Waals surface area contributed by atoms with Crippen molar-refractivity contribution in [3.05, 3.63) is 52.3 Å². The number of hydrogen-bond acceptors (Lipinski definition) is 2. The summed E-state index contributed by atoms with van der Waals surface area (Å²) >= 11 is 3.42. The zero-order valence-corrected chi connectivity index (χ0v) is 11.8. The van der Waals surface area contributed by atoms with Gasteiger partial charge in [0.15, 0.2) is 0 Å². The fraction of sp³-hybridized carbons (Fsp3) is 0.0714. The first-order valence-electron chi connectivity index (χ1n) is 5.76. The first-order chi connectivity index (χ1) is 9.06. The summed E-state index contributed by atoms with van der Waals surface area (Å²) < 4.78 is 16.2. The van der Waals surface area contributed by atoms with Gasteiger partial charge in [-0.05, 0) is 42.8 Å². The van der Waals surface area contributed by atoms with Crippen LogP contribution in [0.3, 0.4) is 0 Å². The van der Waals surface area contributed by atoms with Gasteiger partial charge in [-0.25, -0.2) is 9.37 Å². The quantitative estimate of drug-likeness (QED) is 0.741.